The molecule has 1 aromatic carbocycles. The third-order valence-electron chi connectivity index (χ3n) is 4.12. The van der Waals surface area contributed by atoms with Gasteiger partial charge < -0.3 is 15.4 Å². The predicted octanol–water partition coefficient (Wildman–Crippen LogP) is 2.80. The van der Waals surface area contributed by atoms with Crippen molar-refractivity contribution < 1.29 is 4.74 Å². The molecule has 20 heavy (non-hydrogen) atoms. The molecule has 0 aromatic heterocycles. The molecule has 1 fully saturated rings. The van der Waals surface area contributed by atoms with Crippen LogP contribution in [0, 0.1) is 0 Å². The molecule has 1 saturated heterocycles. The number of rotatable bonds is 1. The van der Waals surface area contributed by atoms with Gasteiger partial charge in [-0.1, -0.05) is 17.7 Å². The van der Waals surface area contributed by atoms with Gasteiger partial charge in [-0.2, -0.15) is 0 Å². The Kier molecular flexibility index (Phi) is 3.18. The Labute approximate surface area is 124 Å². The summed E-state index contributed by atoms with van der Waals surface area (Å²) in [6.45, 7) is 5.70. The summed E-state index contributed by atoms with van der Waals surface area (Å²) in [5, 5.41) is 0.712. The van der Waals surface area contributed by atoms with E-state index in [0.717, 1.165) is 31.7 Å². The maximum absolute atomic E-state index is 6.15. The Balaban J connectivity index is 2.00. The second kappa shape index (κ2) is 4.64. The van der Waals surface area contributed by atoms with Crippen molar-refractivity contribution in [3.63, 3.8) is 0 Å². The lowest BCUT2D eigenvalue weighted by Crippen LogP contribution is -2.58. The Morgan fingerprint density at radius 1 is 1.40 bits per heavy atom. The van der Waals surface area contributed by atoms with E-state index in [1.165, 1.54) is 0 Å². The fraction of sp³-hybridized carbons (Fsp3) is 0.533. The lowest BCUT2D eigenvalue weighted by molar-refractivity contribution is -0.0757. The number of anilines is 1. The van der Waals surface area contributed by atoms with Crippen molar-refractivity contribution in [1.29, 1.82) is 0 Å². The minimum Gasteiger partial charge on any atom is -0.375 e. The number of guanidine groups is 1. The molecule has 0 bridgehead atoms. The van der Waals surface area contributed by atoms with Gasteiger partial charge in [0.1, 0.15) is 0 Å². The molecule has 0 saturated carbocycles. The molecule has 1 unspecified atom stereocenters. The van der Waals surface area contributed by atoms with Gasteiger partial charge >= 0.3 is 0 Å². The van der Waals surface area contributed by atoms with E-state index in [9.17, 15) is 0 Å². The third kappa shape index (κ3) is 2.27. The number of nitrogens with two attached hydrogens (primary N) is 1. The number of hydrogen-bond acceptors (Lipinski definition) is 4. The second-order valence-electron chi connectivity index (χ2n) is 6.25. The maximum Gasteiger partial charge on any atom is 0.196 e. The number of ether oxygens (including phenoxy) is 1. The van der Waals surface area contributed by atoms with E-state index in [-0.39, 0.29) is 11.1 Å². The molecular weight excluding hydrogens is 274 g/mol. The Morgan fingerprint density at radius 3 is 2.90 bits per heavy atom. The zero-order valence-corrected chi connectivity index (χ0v) is 12.7. The van der Waals surface area contributed by atoms with Crippen LogP contribution in [0.25, 0.3) is 0 Å². The molecule has 1 atom stereocenters. The van der Waals surface area contributed by atoms with Gasteiger partial charge in [0.25, 0.3) is 0 Å². The first-order valence-corrected chi connectivity index (χ1v) is 7.29. The Morgan fingerprint density at radius 2 is 2.20 bits per heavy atom. The van der Waals surface area contributed by atoms with Crippen LogP contribution in [0.4, 0.5) is 5.69 Å². The molecule has 4 nitrogen and oxygen atoms in total. The predicted molar refractivity (Wildman–Crippen MR) is 82.4 cm³/mol. The van der Waals surface area contributed by atoms with Gasteiger partial charge in [0.15, 0.2) is 5.96 Å². The first-order chi connectivity index (χ1) is 9.42. The largest absolute Gasteiger partial charge is 0.375 e. The molecule has 2 N–H and O–H groups in total. The second-order valence-corrected chi connectivity index (χ2v) is 6.69. The summed E-state index contributed by atoms with van der Waals surface area (Å²) in [4.78, 5) is 6.63. The number of hydrogen-bond donors (Lipinski definition) is 1. The van der Waals surface area contributed by atoms with Crippen LogP contribution in [0.15, 0.2) is 29.3 Å². The number of benzene rings is 1. The summed E-state index contributed by atoms with van der Waals surface area (Å²) < 4.78 is 5.85. The van der Waals surface area contributed by atoms with Crippen molar-refractivity contribution in [3.8, 4) is 0 Å². The molecule has 0 radical (unpaired) electrons. The van der Waals surface area contributed by atoms with E-state index >= 15 is 0 Å². The number of aliphatic imine (C=N–C) groups is 1. The highest BCUT2D eigenvalue weighted by molar-refractivity contribution is 6.31. The summed E-state index contributed by atoms with van der Waals surface area (Å²) >= 11 is 6.12. The smallest absolute Gasteiger partial charge is 0.196 e. The van der Waals surface area contributed by atoms with Crippen LogP contribution in [0.2, 0.25) is 5.02 Å². The SMILES string of the molecule is CC1(C)CC2(CCO1)CN=C(N)N2c1cccc(Cl)c1. The highest BCUT2D eigenvalue weighted by Crippen LogP contribution is 2.41. The average Bonchev–Trinajstić information content (AvgIpc) is 2.64. The van der Waals surface area contributed by atoms with Crippen LogP contribution in [-0.4, -0.2) is 30.3 Å². The molecule has 0 amide bonds. The Bertz CT molecular complexity index is 558. The first kappa shape index (κ1) is 13.7. The van der Waals surface area contributed by atoms with E-state index in [2.05, 4.69) is 23.7 Å². The molecule has 2 aliphatic rings. The van der Waals surface area contributed by atoms with Gasteiger partial charge in [0.05, 0.1) is 17.7 Å². The van der Waals surface area contributed by atoms with Crippen molar-refractivity contribution >= 4 is 23.2 Å². The van der Waals surface area contributed by atoms with Crippen LogP contribution < -0.4 is 10.6 Å². The van der Waals surface area contributed by atoms with Crippen LogP contribution in [0.3, 0.4) is 0 Å². The topological polar surface area (TPSA) is 50.9 Å². The van der Waals surface area contributed by atoms with Gasteiger partial charge in [-0.05, 0) is 38.5 Å². The molecule has 5 heteroatoms. The fourth-order valence-corrected chi connectivity index (χ4v) is 3.59. The Hall–Kier alpha value is -1.26. The molecule has 3 rings (SSSR count). The molecule has 108 valence electrons. The molecule has 1 aromatic rings. The number of halogens is 1. The third-order valence-corrected chi connectivity index (χ3v) is 4.36. The average molecular weight is 294 g/mol. The lowest BCUT2D eigenvalue weighted by Gasteiger charge is -2.47. The minimum atomic E-state index is -0.158. The zero-order chi connectivity index (χ0) is 14.4. The molecular formula is C15H20ClN3O. The maximum atomic E-state index is 6.15. The summed E-state index contributed by atoms with van der Waals surface area (Å²) in [5.74, 6) is 0.574. The summed E-state index contributed by atoms with van der Waals surface area (Å²) in [5.41, 5.74) is 6.91. The molecule has 2 aliphatic heterocycles. The van der Waals surface area contributed by atoms with Crippen LogP contribution in [0.5, 0.6) is 0 Å². The summed E-state index contributed by atoms with van der Waals surface area (Å²) in [6.07, 6.45) is 1.82. The quantitative estimate of drug-likeness (QED) is 0.866. The summed E-state index contributed by atoms with van der Waals surface area (Å²) in [6, 6.07) is 7.79. The lowest BCUT2D eigenvalue weighted by atomic mass is 9.80. The minimum absolute atomic E-state index is 0.0868. The van der Waals surface area contributed by atoms with E-state index in [1.807, 2.05) is 24.3 Å². The zero-order valence-electron chi connectivity index (χ0n) is 11.9. The highest BCUT2D eigenvalue weighted by atomic mass is 35.5. The van der Waals surface area contributed by atoms with E-state index in [0.29, 0.717) is 11.0 Å². The van der Waals surface area contributed by atoms with Crippen molar-refractivity contribution in [2.45, 2.75) is 37.8 Å². The van der Waals surface area contributed by atoms with Crippen molar-refractivity contribution in [1.82, 2.24) is 0 Å². The molecule has 0 aliphatic carbocycles. The van der Waals surface area contributed by atoms with Gasteiger partial charge in [-0.25, -0.2) is 0 Å². The van der Waals surface area contributed by atoms with E-state index < -0.39 is 0 Å². The van der Waals surface area contributed by atoms with Crippen molar-refractivity contribution in [3.05, 3.63) is 29.3 Å². The van der Waals surface area contributed by atoms with Crippen LogP contribution in [-0.2, 0) is 4.74 Å². The number of nitrogens with zero attached hydrogens (tertiary/aromatic N) is 2. The van der Waals surface area contributed by atoms with E-state index in [1.54, 1.807) is 0 Å². The van der Waals surface area contributed by atoms with E-state index in [4.69, 9.17) is 22.1 Å². The summed E-state index contributed by atoms with van der Waals surface area (Å²) in [7, 11) is 0. The fourth-order valence-electron chi connectivity index (χ4n) is 3.41. The standard InChI is InChI=1S/C15H20ClN3O/c1-14(2)9-15(6-7-20-14)10-18-13(17)19(15)12-5-3-4-11(16)8-12/h3-5,8H,6-7,9-10H2,1-2H3,(H2,17,18). The van der Waals surface area contributed by atoms with Gasteiger partial charge in [0.2, 0.25) is 0 Å². The highest BCUT2D eigenvalue weighted by Gasteiger charge is 2.49. The van der Waals surface area contributed by atoms with Crippen molar-refractivity contribution in [2.24, 2.45) is 10.7 Å². The van der Waals surface area contributed by atoms with Gasteiger partial charge in [0, 0.05) is 23.7 Å². The van der Waals surface area contributed by atoms with Crippen molar-refractivity contribution in [2.75, 3.05) is 18.1 Å². The monoisotopic (exact) mass is 293 g/mol. The van der Waals surface area contributed by atoms with Gasteiger partial charge in [-0.15, -0.1) is 0 Å². The van der Waals surface area contributed by atoms with Gasteiger partial charge in [-0.3, -0.25) is 4.99 Å². The normalized spacial score (nSPS) is 28.8. The van der Waals surface area contributed by atoms with Crippen LogP contribution >= 0.6 is 11.6 Å². The molecule has 1 spiro atoms. The first-order valence-electron chi connectivity index (χ1n) is 6.92. The molecule has 2 heterocycles. The van der Waals surface area contributed by atoms with Crippen LogP contribution in [0.1, 0.15) is 26.7 Å².